The fourth-order valence-electron chi connectivity index (χ4n) is 1.39. The first kappa shape index (κ1) is 10.5. The maximum atomic E-state index is 13.7. The minimum atomic E-state index is -0.429. The van der Waals surface area contributed by atoms with Crippen molar-refractivity contribution in [3.8, 4) is 11.8 Å². The molecule has 0 N–H and O–H groups in total. The second kappa shape index (κ2) is 4.10. The molecule has 3 heteroatoms. The zero-order chi connectivity index (χ0) is 10.7. The molecule has 0 atom stereocenters. The molecular formula is C11H12FNO. The molecule has 0 unspecified atom stereocenters. The predicted octanol–water partition coefficient (Wildman–Crippen LogP) is 2.83. The highest BCUT2D eigenvalue weighted by Crippen LogP contribution is 2.28. The minimum Gasteiger partial charge on any atom is -0.494 e. The average molecular weight is 193 g/mol. The van der Waals surface area contributed by atoms with Gasteiger partial charge in [0.2, 0.25) is 0 Å². The van der Waals surface area contributed by atoms with Crippen molar-refractivity contribution in [2.45, 2.75) is 19.8 Å². The molecule has 2 nitrogen and oxygen atoms in total. The molecule has 0 fully saturated rings. The van der Waals surface area contributed by atoms with Crippen LogP contribution >= 0.6 is 0 Å². The summed E-state index contributed by atoms with van der Waals surface area (Å²) in [6, 6.07) is 5.03. The number of nitriles is 1. The fraction of sp³-hybridized carbons (Fsp3) is 0.364. The van der Waals surface area contributed by atoms with Crippen molar-refractivity contribution in [2.75, 3.05) is 7.11 Å². The lowest BCUT2D eigenvalue weighted by atomic mass is 9.97. The third kappa shape index (κ3) is 1.69. The molecule has 1 aromatic rings. The molecule has 0 amide bonds. The van der Waals surface area contributed by atoms with Crippen molar-refractivity contribution in [3.63, 3.8) is 0 Å². The van der Waals surface area contributed by atoms with Crippen LogP contribution in [0.5, 0.6) is 5.75 Å². The van der Waals surface area contributed by atoms with E-state index in [1.165, 1.54) is 13.2 Å². The van der Waals surface area contributed by atoms with E-state index in [0.717, 1.165) is 0 Å². The summed E-state index contributed by atoms with van der Waals surface area (Å²) in [5.41, 5.74) is 0.796. The van der Waals surface area contributed by atoms with E-state index in [1.807, 2.05) is 19.9 Å². The van der Waals surface area contributed by atoms with E-state index in [2.05, 4.69) is 0 Å². The first-order valence-electron chi connectivity index (χ1n) is 4.38. The van der Waals surface area contributed by atoms with Gasteiger partial charge < -0.3 is 4.74 Å². The van der Waals surface area contributed by atoms with Gasteiger partial charge in [0.25, 0.3) is 0 Å². The van der Waals surface area contributed by atoms with Crippen molar-refractivity contribution in [1.82, 2.24) is 0 Å². The van der Waals surface area contributed by atoms with E-state index in [0.29, 0.717) is 11.1 Å². The highest BCUT2D eigenvalue weighted by molar-refractivity contribution is 5.45. The van der Waals surface area contributed by atoms with Crippen molar-refractivity contribution >= 4 is 0 Å². The van der Waals surface area contributed by atoms with Crippen LogP contribution < -0.4 is 4.74 Å². The molecule has 0 bridgehead atoms. The van der Waals surface area contributed by atoms with Gasteiger partial charge in [0.15, 0.2) is 11.6 Å². The Labute approximate surface area is 82.9 Å². The lowest BCUT2D eigenvalue weighted by Crippen LogP contribution is -2.00. The van der Waals surface area contributed by atoms with Crippen LogP contribution in [0.15, 0.2) is 12.1 Å². The fourth-order valence-corrected chi connectivity index (χ4v) is 1.39. The molecule has 0 aliphatic rings. The Morgan fingerprint density at radius 1 is 1.43 bits per heavy atom. The van der Waals surface area contributed by atoms with Crippen LogP contribution in [0.3, 0.4) is 0 Å². The van der Waals surface area contributed by atoms with Gasteiger partial charge in [-0.1, -0.05) is 13.8 Å². The van der Waals surface area contributed by atoms with Crippen LogP contribution in [0.2, 0.25) is 0 Å². The first-order chi connectivity index (χ1) is 6.61. The van der Waals surface area contributed by atoms with E-state index >= 15 is 0 Å². The molecule has 1 aromatic carbocycles. The van der Waals surface area contributed by atoms with Crippen molar-refractivity contribution in [1.29, 1.82) is 5.26 Å². The van der Waals surface area contributed by atoms with Gasteiger partial charge in [0.05, 0.1) is 18.7 Å². The standard InChI is InChI=1S/C11H12FNO/c1-7(2)10-8(6-13)4-5-9(14-3)11(10)12/h4-5,7H,1-3H3. The van der Waals surface area contributed by atoms with Crippen LogP contribution in [0.25, 0.3) is 0 Å². The van der Waals surface area contributed by atoms with E-state index in [-0.39, 0.29) is 11.7 Å². The molecule has 1 rings (SSSR count). The van der Waals surface area contributed by atoms with E-state index in [9.17, 15) is 4.39 Å². The van der Waals surface area contributed by atoms with Gasteiger partial charge in [-0.3, -0.25) is 0 Å². The van der Waals surface area contributed by atoms with Crippen LogP contribution in [0.1, 0.15) is 30.9 Å². The number of nitrogens with zero attached hydrogens (tertiary/aromatic N) is 1. The molecule has 0 radical (unpaired) electrons. The van der Waals surface area contributed by atoms with Crippen LogP contribution in [-0.2, 0) is 0 Å². The van der Waals surface area contributed by atoms with E-state index < -0.39 is 5.82 Å². The zero-order valence-electron chi connectivity index (χ0n) is 8.47. The molecule has 0 saturated heterocycles. The number of methoxy groups -OCH3 is 1. The summed E-state index contributed by atoms with van der Waals surface area (Å²) in [5.74, 6) is -0.269. The summed E-state index contributed by atoms with van der Waals surface area (Å²) in [5, 5.41) is 8.80. The van der Waals surface area contributed by atoms with Crippen LogP contribution in [-0.4, -0.2) is 7.11 Å². The Balaban J connectivity index is 3.41. The summed E-state index contributed by atoms with van der Waals surface area (Å²) < 4.78 is 18.5. The van der Waals surface area contributed by atoms with Crippen molar-refractivity contribution < 1.29 is 9.13 Å². The summed E-state index contributed by atoms with van der Waals surface area (Å²) >= 11 is 0. The Hall–Kier alpha value is -1.56. The second-order valence-electron chi connectivity index (χ2n) is 3.31. The Morgan fingerprint density at radius 2 is 2.07 bits per heavy atom. The maximum absolute atomic E-state index is 13.7. The number of hydrogen-bond donors (Lipinski definition) is 0. The molecular weight excluding hydrogens is 181 g/mol. The van der Waals surface area contributed by atoms with Crippen molar-refractivity contribution in [3.05, 3.63) is 29.1 Å². The van der Waals surface area contributed by atoms with Crippen LogP contribution in [0, 0.1) is 17.1 Å². The largest absolute Gasteiger partial charge is 0.494 e. The number of ether oxygens (including phenoxy) is 1. The molecule has 0 aliphatic carbocycles. The summed E-state index contributed by atoms with van der Waals surface area (Å²) in [4.78, 5) is 0. The molecule has 14 heavy (non-hydrogen) atoms. The summed E-state index contributed by atoms with van der Waals surface area (Å²) in [6.07, 6.45) is 0. The van der Waals surface area contributed by atoms with Gasteiger partial charge in [-0.05, 0) is 18.1 Å². The van der Waals surface area contributed by atoms with Gasteiger partial charge >= 0.3 is 0 Å². The third-order valence-electron chi connectivity index (χ3n) is 2.06. The second-order valence-corrected chi connectivity index (χ2v) is 3.31. The SMILES string of the molecule is COc1ccc(C#N)c(C(C)C)c1F. The van der Waals surface area contributed by atoms with Gasteiger partial charge in [0.1, 0.15) is 0 Å². The minimum absolute atomic E-state index is 0.0280. The zero-order valence-corrected chi connectivity index (χ0v) is 8.47. The van der Waals surface area contributed by atoms with Crippen molar-refractivity contribution in [2.24, 2.45) is 0 Å². The number of rotatable bonds is 2. The Morgan fingerprint density at radius 3 is 2.50 bits per heavy atom. The van der Waals surface area contributed by atoms with Gasteiger partial charge in [0, 0.05) is 5.56 Å². The monoisotopic (exact) mass is 193 g/mol. The average Bonchev–Trinajstić information content (AvgIpc) is 2.16. The number of hydrogen-bond acceptors (Lipinski definition) is 2. The summed E-state index contributed by atoms with van der Waals surface area (Å²) in [7, 11) is 1.41. The van der Waals surface area contributed by atoms with Gasteiger partial charge in [-0.25, -0.2) is 4.39 Å². The third-order valence-corrected chi connectivity index (χ3v) is 2.06. The molecule has 0 spiro atoms. The lowest BCUT2D eigenvalue weighted by Gasteiger charge is -2.11. The molecule has 74 valence electrons. The smallest absolute Gasteiger partial charge is 0.169 e. The molecule has 0 aliphatic heterocycles. The van der Waals surface area contributed by atoms with Gasteiger partial charge in [-0.15, -0.1) is 0 Å². The molecule has 0 heterocycles. The predicted molar refractivity (Wildman–Crippen MR) is 51.8 cm³/mol. The lowest BCUT2D eigenvalue weighted by molar-refractivity contribution is 0.383. The maximum Gasteiger partial charge on any atom is 0.169 e. The quantitative estimate of drug-likeness (QED) is 0.723. The number of benzene rings is 1. The van der Waals surface area contributed by atoms with E-state index in [1.54, 1.807) is 6.07 Å². The first-order valence-corrected chi connectivity index (χ1v) is 4.38. The molecule has 0 saturated carbocycles. The van der Waals surface area contributed by atoms with Gasteiger partial charge in [-0.2, -0.15) is 5.26 Å². The summed E-state index contributed by atoms with van der Waals surface area (Å²) in [6.45, 7) is 3.69. The Kier molecular flexibility index (Phi) is 3.08. The number of halogens is 1. The topological polar surface area (TPSA) is 33.0 Å². The van der Waals surface area contributed by atoms with Crippen LogP contribution in [0.4, 0.5) is 4.39 Å². The normalized spacial score (nSPS) is 10.0. The Bertz CT molecular complexity index is 380. The highest BCUT2D eigenvalue weighted by atomic mass is 19.1. The van der Waals surface area contributed by atoms with E-state index in [4.69, 9.17) is 10.00 Å². The molecule has 0 aromatic heterocycles. The highest BCUT2D eigenvalue weighted by Gasteiger charge is 2.16.